The summed E-state index contributed by atoms with van der Waals surface area (Å²) < 4.78 is 5.26. The highest BCUT2D eigenvalue weighted by Gasteiger charge is 2.10. The lowest BCUT2D eigenvalue weighted by Crippen LogP contribution is -2.10. The zero-order valence-corrected chi connectivity index (χ0v) is 14.5. The SMILES string of the molecule is N#Cc1ccc(COC(=O)c2ccc(NC(=O)c3cccs3)cc2)cc1. The summed E-state index contributed by atoms with van der Waals surface area (Å²) in [5, 5.41) is 13.4. The van der Waals surface area contributed by atoms with Gasteiger partial charge in [-0.3, -0.25) is 4.79 Å². The van der Waals surface area contributed by atoms with Gasteiger partial charge >= 0.3 is 5.97 Å². The van der Waals surface area contributed by atoms with Gasteiger partial charge in [0.25, 0.3) is 5.91 Å². The zero-order valence-electron chi connectivity index (χ0n) is 13.6. The number of nitrogens with one attached hydrogen (secondary N) is 1. The number of nitriles is 1. The molecule has 6 heteroatoms. The van der Waals surface area contributed by atoms with E-state index in [4.69, 9.17) is 10.00 Å². The summed E-state index contributed by atoms with van der Waals surface area (Å²) in [6.45, 7) is 0.126. The molecule has 0 aliphatic rings. The maximum absolute atomic E-state index is 12.1. The monoisotopic (exact) mass is 362 g/mol. The van der Waals surface area contributed by atoms with E-state index in [0.717, 1.165) is 5.56 Å². The molecule has 0 saturated carbocycles. The molecule has 0 aliphatic carbocycles. The minimum Gasteiger partial charge on any atom is -0.457 e. The van der Waals surface area contributed by atoms with Gasteiger partial charge in [0.05, 0.1) is 22.1 Å². The maximum Gasteiger partial charge on any atom is 0.338 e. The molecule has 1 heterocycles. The predicted molar refractivity (Wildman–Crippen MR) is 99.0 cm³/mol. The molecule has 2 aromatic carbocycles. The van der Waals surface area contributed by atoms with Gasteiger partial charge in [0.2, 0.25) is 0 Å². The molecular formula is C20H14N2O3S. The van der Waals surface area contributed by atoms with E-state index < -0.39 is 5.97 Å². The summed E-state index contributed by atoms with van der Waals surface area (Å²) in [6.07, 6.45) is 0. The highest BCUT2D eigenvalue weighted by molar-refractivity contribution is 7.12. The van der Waals surface area contributed by atoms with Gasteiger partial charge in [-0.1, -0.05) is 18.2 Å². The molecule has 0 bridgehead atoms. The third-order valence-corrected chi connectivity index (χ3v) is 4.45. The molecule has 0 fully saturated rings. The molecule has 0 saturated heterocycles. The van der Waals surface area contributed by atoms with Gasteiger partial charge < -0.3 is 10.1 Å². The van der Waals surface area contributed by atoms with Gasteiger partial charge in [0.15, 0.2) is 0 Å². The van der Waals surface area contributed by atoms with Crippen LogP contribution in [0.4, 0.5) is 5.69 Å². The largest absolute Gasteiger partial charge is 0.457 e. The van der Waals surface area contributed by atoms with Crippen LogP contribution in [0.5, 0.6) is 0 Å². The fraction of sp³-hybridized carbons (Fsp3) is 0.0500. The number of anilines is 1. The Bertz CT molecular complexity index is 940. The Morgan fingerprint density at radius 3 is 2.38 bits per heavy atom. The van der Waals surface area contributed by atoms with Crippen LogP contribution in [0.3, 0.4) is 0 Å². The van der Waals surface area contributed by atoms with Crippen molar-refractivity contribution in [3.63, 3.8) is 0 Å². The number of nitrogens with zero attached hydrogens (tertiary/aromatic N) is 1. The number of hydrogen-bond donors (Lipinski definition) is 1. The average Bonchev–Trinajstić information content (AvgIpc) is 3.22. The molecule has 5 nitrogen and oxygen atoms in total. The van der Waals surface area contributed by atoms with E-state index in [9.17, 15) is 9.59 Å². The normalized spacial score (nSPS) is 9.96. The number of ether oxygens (including phenoxy) is 1. The molecule has 0 aliphatic heterocycles. The third-order valence-electron chi connectivity index (χ3n) is 3.58. The number of hydrogen-bond acceptors (Lipinski definition) is 5. The predicted octanol–water partition coefficient (Wildman–Crippen LogP) is 4.23. The molecular weight excluding hydrogens is 348 g/mol. The third kappa shape index (κ3) is 4.35. The second-order valence-corrected chi connectivity index (χ2v) is 6.34. The minimum atomic E-state index is -0.453. The molecule has 128 valence electrons. The zero-order chi connectivity index (χ0) is 18.4. The van der Waals surface area contributed by atoms with Gasteiger partial charge in [-0.2, -0.15) is 5.26 Å². The Balaban J connectivity index is 1.56. The second-order valence-electron chi connectivity index (χ2n) is 5.39. The van der Waals surface area contributed by atoms with Crippen molar-refractivity contribution < 1.29 is 14.3 Å². The van der Waals surface area contributed by atoms with Crippen LogP contribution in [0.1, 0.15) is 31.2 Å². The van der Waals surface area contributed by atoms with E-state index >= 15 is 0 Å². The first-order chi connectivity index (χ1) is 12.7. The summed E-state index contributed by atoms with van der Waals surface area (Å²) in [6, 6.07) is 19.0. The molecule has 0 atom stereocenters. The van der Waals surface area contributed by atoms with Crippen LogP contribution in [0.15, 0.2) is 66.0 Å². The lowest BCUT2D eigenvalue weighted by molar-refractivity contribution is 0.0472. The number of benzene rings is 2. The van der Waals surface area contributed by atoms with Crippen molar-refractivity contribution in [3.05, 3.63) is 87.6 Å². The Morgan fingerprint density at radius 1 is 1.04 bits per heavy atom. The molecule has 1 amide bonds. The van der Waals surface area contributed by atoms with E-state index in [1.807, 2.05) is 17.5 Å². The number of rotatable bonds is 5. The highest BCUT2D eigenvalue weighted by atomic mass is 32.1. The molecule has 3 rings (SSSR count). The maximum atomic E-state index is 12.1. The van der Waals surface area contributed by atoms with Crippen LogP contribution in [0, 0.1) is 11.3 Å². The van der Waals surface area contributed by atoms with Gasteiger partial charge in [0.1, 0.15) is 6.61 Å². The highest BCUT2D eigenvalue weighted by Crippen LogP contribution is 2.15. The van der Waals surface area contributed by atoms with Crippen LogP contribution in [-0.4, -0.2) is 11.9 Å². The quantitative estimate of drug-likeness (QED) is 0.689. The van der Waals surface area contributed by atoms with Crippen LogP contribution in [-0.2, 0) is 11.3 Å². The molecule has 1 aromatic heterocycles. The standard InChI is InChI=1S/C20H14N2O3S/c21-12-14-3-5-15(6-4-14)13-25-20(24)16-7-9-17(10-8-16)22-19(23)18-2-1-11-26-18/h1-11H,13H2,(H,22,23). The Morgan fingerprint density at radius 2 is 1.77 bits per heavy atom. The Labute approximate surface area is 154 Å². The first kappa shape index (κ1) is 17.4. The summed E-state index contributed by atoms with van der Waals surface area (Å²) in [7, 11) is 0. The van der Waals surface area contributed by atoms with Crippen molar-refractivity contribution in [3.8, 4) is 6.07 Å². The fourth-order valence-corrected chi connectivity index (χ4v) is 2.82. The lowest BCUT2D eigenvalue weighted by Gasteiger charge is -2.07. The van der Waals surface area contributed by atoms with E-state index in [0.29, 0.717) is 21.7 Å². The number of carbonyl (C=O) groups is 2. The number of esters is 1. The van der Waals surface area contributed by atoms with Gasteiger partial charge in [-0.15, -0.1) is 11.3 Å². The smallest absolute Gasteiger partial charge is 0.338 e. The Hall–Kier alpha value is -3.43. The first-order valence-corrected chi connectivity index (χ1v) is 8.65. The van der Waals surface area contributed by atoms with E-state index in [1.54, 1.807) is 54.6 Å². The minimum absolute atomic E-state index is 0.126. The molecule has 0 unspecified atom stereocenters. The fourth-order valence-electron chi connectivity index (χ4n) is 2.20. The first-order valence-electron chi connectivity index (χ1n) is 7.77. The van der Waals surface area contributed by atoms with E-state index in [1.165, 1.54) is 11.3 Å². The summed E-state index contributed by atoms with van der Waals surface area (Å²) in [4.78, 5) is 24.7. The number of amides is 1. The van der Waals surface area contributed by atoms with E-state index in [2.05, 4.69) is 5.32 Å². The van der Waals surface area contributed by atoms with Crippen molar-refractivity contribution in [2.45, 2.75) is 6.61 Å². The van der Waals surface area contributed by atoms with Crippen molar-refractivity contribution >= 4 is 28.9 Å². The summed E-state index contributed by atoms with van der Waals surface area (Å²) >= 11 is 1.36. The van der Waals surface area contributed by atoms with Crippen LogP contribution in [0.25, 0.3) is 0 Å². The van der Waals surface area contributed by atoms with Crippen molar-refractivity contribution in [1.29, 1.82) is 5.26 Å². The molecule has 0 spiro atoms. The molecule has 26 heavy (non-hydrogen) atoms. The van der Waals surface area contributed by atoms with Crippen LogP contribution < -0.4 is 5.32 Å². The number of thiophene rings is 1. The van der Waals surface area contributed by atoms with Gasteiger partial charge in [0, 0.05) is 5.69 Å². The van der Waals surface area contributed by atoms with E-state index in [-0.39, 0.29) is 12.5 Å². The second kappa shape index (κ2) is 8.10. The molecule has 0 radical (unpaired) electrons. The van der Waals surface area contributed by atoms with Gasteiger partial charge in [-0.25, -0.2) is 4.79 Å². The summed E-state index contributed by atoms with van der Waals surface area (Å²) in [5.41, 5.74) is 2.36. The van der Waals surface area contributed by atoms with Crippen molar-refractivity contribution in [1.82, 2.24) is 0 Å². The lowest BCUT2D eigenvalue weighted by atomic mass is 10.1. The topological polar surface area (TPSA) is 79.2 Å². The molecule has 1 N–H and O–H groups in total. The van der Waals surface area contributed by atoms with Gasteiger partial charge in [-0.05, 0) is 53.4 Å². The van der Waals surface area contributed by atoms with Crippen LogP contribution >= 0.6 is 11.3 Å². The summed E-state index contributed by atoms with van der Waals surface area (Å²) in [5.74, 6) is -0.637. The van der Waals surface area contributed by atoms with Crippen LogP contribution in [0.2, 0.25) is 0 Å². The Kier molecular flexibility index (Phi) is 5.42. The number of carbonyl (C=O) groups excluding carboxylic acids is 2. The van der Waals surface area contributed by atoms with Crippen molar-refractivity contribution in [2.24, 2.45) is 0 Å². The van der Waals surface area contributed by atoms with Crippen molar-refractivity contribution in [2.75, 3.05) is 5.32 Å². The molecule has 3 aromatic rings. The average molecular weight is 362 g/mol.